The van der Waals surface area contributed by atoms with Crippen LogP contribution in [0.25, 0.3) is 0 Å². The molecule has 1 aromatic rings. The van der Waals surface area contributed by atoms with Gasteiger partial charge in [0.1, 0.15) is 11.6 Å². The number of rotatable bonds is 2. The predicted molar refractivity (Wildman–Crippen MR) is 64.4 cm³/mol. The molecule has 110 valence electrons. The van der Waals surface area contributed by atoms with Gasteiger partial charge in [-0.15, -0.1) is 0 Å². The molecule has 1 fully saturated rings. The number of nitrogens with zero attached hydrogens (tertiary/aromatic N) is 3. The van der Waals surface area contributed by atoms with Crippen LogP contribution in [0.2, 0.25) is 0 Å². The molecule has 20 heavy (non-hydrogen) atoms. The molecule has 5 nitrogen and oxygen atoms in total. The highest BCUT2D eigenvalue weighted by Gasteiger charge is 2.52. The molecule has 0 radical (unpaired) electrons. The van der Waals surface area contributed by atoms with E-state index in [1.54, 1.807) is 19.9 Å². The Kier molecular flexibility index (Phi) is 3.58. The number of aliphatic carboxylic acids is 1. The van der Waals surface area contributed by atoms with Gasteiger partial charge >= 0.3 is 12.1 Å². The second kappa shape index (κ2) is 4.92. The molecule has 1 aliphatic rings. The molecule has 0 amide bonds. The van der Waals surface area contributed by atoms with Gasteiger partial charge in [0, 0.05) is 24.8 Å². The van der Waals surface area contributed by atoms with E-state index >= 15 is 0 Å². The van der Waals surface area contributed by atoms with E-state index in [0.717, 1.165) is 0 Å². The fourth-order valence-electron chi connectivity index (χ4n) is 2.43. The van der Waals surface area contributed by atoms with Crippen molar-refractivity contribution < 1.29 is 23.1 Å². The molecule has 1 aliphatic heterocycles. The number of carboxylic acid groups (broad SMARTS) is 1. The van der Waals surface area contributed by atoms with Gasteiger partial charge in [-0.05, 0) is 13.8 Å². The summed E-state index contributed by atoms with van der Waals surface area (Å²) in [7, 11) is 0. The van der Waals surface area contributed by atoms with E-state index in [1.165, 1.54) is 4.90 Å². The number of halogens is 3. The zero-order chi connectivity index (χ0) is 15.1. The lowest BCUT2D eigenvalue weighted by Gasteiger charge is -2.19. The zero-order valence-electron chi connectivity index (χ0n) is 11.0. The maximum absolute atomic E-state index is 12.9. The average molecular weight is 289 g/mol. The summed E-state index contributed by atoms with van der Waals surface area (Å²) >= 11 is 0. The lowest BCUT2D eigenvalue weighted by molar-refractivity contribution is -0.187. The third-order valence-corrected chi connectivity index (χ3v) is 3.33. The molecule has 0 aromatic carbocycles. The van der Waals surface area contributed by atoms with Crippen molar-refractivity contribution in [2.45, 2.75) is 20.0 Å². The Morgan fingerprint density at radius 3 is 2.45 bits per heavy atom. The van der Waals surface area contributed by atoms with Crippen LogP contribution in [0.1, 0.15) is 11.5 Å². The highest BCUT2D eigenvalue weighted by molar-refractivity contribution is 5.72. The van der Waals surface area contributed by atoms with Crippen molar-refractivity contribution in [3.63, 3.8) is 0 Å². The summed E-state index contributed by atoms with van der Waals surface area (Å²) in [6.45, 7) is 2.76. The molecule has 0 unspecified atom stereocenters. The Bertz CT molecular complexity index is 513. The third-order valence-electron chi connectivity index (χ3n) is 3.33. The van der Waals surface area contributed by atoms with Crippen LogP contribution in [-0.4, -0.2) is 40.3 Å². The first kappa shape index (κ1) is 14.5. The van der Waals surface area contributed by atoms with Crippen LogP contribution < -0.4 is 4.90 Å². The lowest BCUT2D eigenvalue weighted by atomic mass is 9.96. The SMILES string of the molecule is Cc1cc(N2C[C@@H](C(F)(F)F)[C@H](C(=O)O)C2)nc(C)n1. The van der Waals surface area contributed by atoms with Crippen molar-refractivity contribution in [3.05, 3.63) is 17.6 Å². The van der Waals surface area contributed by atoms with Crippen molar-refractivity contribution in [3.8, 4) is 0 Å². The fraction of sp³-hybridized carbons (Fsp3) is 0.583. The van der Waals surface area contributed by atoms with E-state index in [0.29, 0.717) is 17.3 Å². The van der Waals surface area contributed by atoms with Crippen LogP contribution in [0, 0.1) is 25.7 Å². The van der Waals surface area contributed by atoms with Crippen molar-refractivity contribution in [2.75, 3.05) is 18.0 Å². The van der Waals surface area contributed by atoms with Crippen molar-refractivity contribution >= 4 is 11.8 Å². The number of hydrogen-bond donors (Lipinski definition) is 1. The maximum atomic E-state index is 12.9. The topological polar surface area (TPSA) is 66.3 Å². The summed E-state index contributed by atoms with van der Waals surface area (Å²) in [5, 5.41) is 8.96. The van der Waals surface area contributed by atoms with Crippen LogP contribution in [-0.2, 0) is 4.79 Å². The largest absolute Gasteiger partial charge is 0.481 e. The van der Waals surface area contributed by atoms with Gasteiger partial charge in [-0.2, -0.15) is 13.2 Å². The van der Waals surface area contributed by atoms with E-state index in [-0.39, 0.29) is 6.54 Å². The van der Waals surface area contributed by atoms with E-state index in [9.17, 15) is 18.0 Å². The van der Waals surface area contributed by atoms with Crippen LogP contribution in [0.15, 0.2) is 6.07 Å². The number of anilines is 1. The summed E-state index contributed by atoms with van der Waals surface area (Å²) in [6, 6.07) is 1.56. The average Bonchev–Trinajstić information content (AvgIpc) is 2.71. The Balaban J connectivity index is 2.30. The fourth-order valence-corrected chi connectivity index (χ4v) is 2.43. The Hall–Kier alpha value is -1.86. The zero-order valence-corrected chi connectivity index (χ0v) is 11.0. The van der Waals surface area contributed by atoms with Crippen LogP contribution in [0.5, 0.6) is 0 Å². The maximum Gasteiger partial charge on any atom is 0.394 e. The lowest BCUT2D eigenvalue weighted by Crippen LogP contribution is -2.33. The Labute approximate surface area is 113 Å². The van der Waals surface area contributed by atoms with Crippen molar-refractivity contribution in [1.29, 1.82) is 0 Å². The monoisotopic (exact) mass is 289 g/mol. The molecular formula is C12H14F3N3O2. The minimum atomic E-state index is -4.53. The molecule has 1 aromatic heterocycles. The molecule has 1 N–H and O–H groups in total. The van der Waals surface area contributed by atoms with Gasteiger partial charge in [-0.25, -0.2) is 9.97 Å². The van der Waals surface area contributed by atoms with Gasteiger partial charge in [0.15, 0.2) is 0 Å². The van der Waals surface area contributed by atoms with Gasteiger partial charge in [0.05, 0.1) is 11.8 Å². The standard InChI is InChI=1S/C12H14F3N3O2/c1-6-3-10(17-7(2)16-6)18-4-8(11(19)20)9(5-18)12(13,14)15/h3,8-9H,4-5H2,1-2H3,(H,19,20)/t8-,9-/m1/s1. The van der Waals surface area contributed by atoms with E-state index in [4.69, 9.17) is 5.11 Å². The molecule has 0 aliphatic carbocycles. The summed E-state index contributed by atoms with van der Waals surface area (Å²) in [5.74, 6) is -3.99. The van der Waals surface area contributed by atoms with Crippen LogP contribution >= 0.6 is 0 Å². The number of hydrogen-bond acceptors (Lipinski definition) is 4. The smallest absolute Gasteiger partial charge is 0.394 e. The highest BCUT2D eigenvalue weighted by atomic mass is 19.4. The summed E-state index contributed by atoms with van der Waals surface area (Å²) in [5.41, 5.74) is 0.634. The Morgan fingerprint density at radius 2 is 2.00 bits per heavy atom. The van der Waals surface area contributed by atoms with Crippen molar-refractivity contribution in [1.82, 2.24) is 9.97 Å². The van der Waals surface area contributed by atoms with Gasteiger partial charge in [-0.1, -0.05) is 0 Å². The number of carboxylic acids is 1. The molecule has 2 rings (SSSR count). The van der Waals surface area contributed by atoms with E-state index in [2.05, 4.69) is 9.97 Å². The second-order valence-electron chi connectivity index (χ2n) is 4.91. The van der Waals surface area contributed by atoms with E-state index in [1.807, 2.05) is 0 Å². The summed E-state index contributed by atoms with van der Waals surface area (Å²) in [6.07, 6.45) is -4.53. The predicted octanol–water partition coefficient (Wildman–Crippen LogP) is 1.79. The van der Waals surface area contributed by atoms with Gasteiger partial charge in [-0.3, -0.25) is 4.79 Å². The molecule has 0 saturated carbocycles. The first-order valence-corrected chi connectivity index (χ1v) is 6.05. The third kappa shape index (κ3) is 2.83. The van der Waals surface area contributed by atoms with Crippen LogP contribution in [0.4, 0.5) is 19.0 Å². The molecule has 0 bridgehead atoms. The normalized spacial score (nSPS) is 23.1. The molecule has 0 spiro atoms. The summed E-state index contributed by atoms with van der Waals surface area (Å²) < 4.78 is 38.7. The summed E-state index contributed by atoms with van der Waals surface area (Å²) in [4.78, 5) is 20.5. The highest BCUT2D eigenvalue weighted by Crippen LogP contribution is 2.39. The number of aryl methyl sites for hydroxylation is 2. The van der Waals surface area contributed by atoms with Gasteiger partial charge in [0.2, 0.25) is 0 Å². The van der Waals surface area contributed by atoms with Crippen LogP contribution in [0.3, 0.4) is 0 Å². The van der Waals surface area contributed by atoms with Gasteiger partial charge in [0.25, 0.3) is 0 Å². The Morgan fingerprint density at radius 1 is 1.35 bits per heavy atom. The number of carbonyl (C=O) groups is 1. The molecular weight excluding hydrogens is 275 g/mol. The second-order valence-corrected chi connectivity index (χ2v) is 4.91. The van der Waals surface area contributed by atoms with E-state index < -0.39 is 30.5 Å². The quantitative estimate of drug-likeness (QED) is 0.899. The molecule has 2 heterocycles. The molecule has 8 heteroatoms. The number of aromatic nitrogens is 2. The first-order valence-electron chi connectivity index (χ1n) is 6.05. The van der Waals surface area contributed by atoms with Crippen molar-refractivity contribution in [2.24, 2.45) is 11.8 Å². The number of alkyl halides is 3. The molecule has 1 saturated heterocycles. The van der Waals surface area contributed by atoms with Gasteiger partial charge < -0.3 is 10.0 Å². The molecule has 2 atom stereocenters. The minimum absolute atomic E-state index is 0.199. The minimum Gasteiger partial charge on any atom is -0.481 e. The first-order chi connectivity index (χ1) is 9.18.